The van der Waals surface area contributed by atoms with E-state index in [1.807, 2.05) is 31.6 Å². The first kappa shape index (κ1) is 19.3. The summed E-state index contributed by atoms with van der Waals surface area (Å²) < 4.78 is 7.83. The summed E-state index contributed by atoms with van der Waals surface area (Å²) in [5.74, 6) is 2.51. The molecule has 1 N–H and O–H groups in total. The zero-order chi connectivity index (χ0) is 19.1. The number of hydrogen-bond acceptors (Lipinski definition) is 3. The van der Waals surface area contributed by atoms with Crippen molar-refractivity contribution in [3.63, 3.8) is 0 Å². The molecule has 0 radical (unpaired) electrons. The van der Waals surface area contributed by atoms with Crippen LogP contribution in [0.2, 0.25) is 0 Å². The zero-order valence-electron chi connectivity index (χ0n) is 16.6. The molecule has 2 unspecified atom stereocenters. The van der Waals surface area contributed by atoms with Gasteiger partial charge in [-0.1, -0.05) is 19.1 Å². The minimum atomic E-state index is 0.423. The summed E-state index contributed by atoms with van der Waals surface area (Å²) >= 11 is 0. The molecule has 0 saturated carbocycles. The topological polar surface area (TPSA) is 54.7 Å². The quantitative estimate of drug-likeness (QED) is 0.627. The van der Waals surface area contributed by atoms with E-state index < -0.39 is 0 Å². The van der Waals surface area contributed by atoms with Gasteiger partial charge in [-0.15, -0.1) is 0 Å². The molecule has 1 aromatic carbocycles. The highest BCUT2D eigenvalue weighted by Crippen LogP contribution is 2.27. The second-order valence-electron chi connectivity index (χ2n) is 7.04. The fourth-order valence-electron chi connectivity index (χ4n) is 3.59. The number of guanidine groups is 1. The zero-order valence-corrected chi connectivity index (χ0v) is 16.6. The van der Waals surface area contributed by atoms with Crippen LogP contribution in [-0.4, -0.2) is 46.7 Å². The lowest BCUT2D eigenvalue weighted by Gasteiger charge is -2.39. The molecule has 2 heterocycles. The SMILES string of the molecule is CCNC(=NCc1cccc(OCC)c1)N1CCC(C)C(n2ccnc2)C1. The van der Waals surface area contributed by atoms with E-state index in [-0.39, 0.29) is 0 Å². The number of piperidine rings is 1. The van der Waals surface area contributed by atoms with Gasteiger partial charge in [0.05, 0.1) is 25.5 Å². The molecule has 0 aliphatic carbocycles. The smallest absolute Gasteiger partial charge is 0.194 e. The van der Waals surface area contributed by atoms with Gasteiger partial charge in [0.1, 0.15) is 5.75 Å². The third-order valence-corrected chi connectivity index (χ3v) is 5.08. The largest absolute Gasteiger partial charge is 0.494 e. The molecule has 27 heavy (non-hydrogen) atoms. The van der Waals surface area contributed by atoms with E-state index in [4.69, 9.17) is 9.73 Å². The first-order valence-electron chi connectivity index (χ1n) is 9.93. The molecule has 2 atom stereocenters. The highest BCUT2D eigenvalue weighted by atomic mass is 16.5. The van der Waals surface area contributed by atoms with Crippen molar-refractivity contribution in [2.24, 2.45) is 10.9 Å². The molecule has 0 bridgehead atoms. The van der Waals surface area contributed by atoms with Crippen molar-refractivity contribution in [1.82, 2.24) is 19.8 Å². The Bertz CT molecular complexity index is 728. The first-order chi connectivity index (χ1) is 13.2. The number of benzene rings is 1. The van der Waals surface area contributed by atoms with Crippen molar-refractivity contribution in [1.29, 1.82) is 0 Å². The fourth-order valence-corrected chi connectivity index (χ4v) is 3.59. The van der Waals surface area contributed by atoms with Crippen LogP contribution in [0.3, 0.4) is 0 Å². The first-order valence-corrected chi connectivity index (χ1v) is 9.93. The van der Waals surface area contributed by atoms with Crippen molar-refractivity contribution < 1.29 is 4.74 Å². The highest BCUT2D eigenvalue weighted by molar-refractivity contribution is 5.80. The minimum absolute atomic E-state index is 0.423. The lowest BCUT2D eigenvalue weighted by atomic mass is 9.93. The van der Waals surface area contributed by atoms with Gasteiger partial charge >= 0.3 is 0 Å². The van der Waals surface area contributed by atoms with Crippen LogP contribution < -0.4 is 10.1 Å². The Morgan fingerprint density at radius 1 is 1.37 bits per heavy atom. The van der Waals surface area contributed by atoms with Crippen LogP contribution in [0.1, 0.15) is 38.8 Å². The van der Waals surface area contributed by atoms with E-state index in [1.165, 1.54) is 0 Å². The van der Waals surface area contributed by atoms with Crippen LogP contribution in [0.5, 0.6) is 5.75 Å². The van der Waals surface area contributed by atoms with Gasteiger partial charge in [0.15, 0.2) is 5.96 Å². The maximum atomic E-state index is 5.60. The Kier molecular flexibility index (Phi) is 6.74. The Morgan fingerprint density at radius 3 is 3.00 bits per heavy atom. The fraction of sp³-hybridized carbons (Fsp3) is 0.524. The van der Waals surface area contributed by atoms with Gasteiger partial charge in [-0.05, 0) is 43.9 Å². The predicted molar refractivity (Wildman–Crippen MR) is 109 cm³/mol. The van der Waals surface area contributed by atoms with E-state index in [9.17, 15) is 0 Å². The Morgan fingerprint density at radius 2 is 2.26 bits per heavy atom. The van der Waals surface area contributed by atoms with Crippen molar-refractivity contribution in [3.05, 3.63) is 48.5 Å². The van der Waals surface area contributed by atoms with Crippen LogP contribution in [0.25, 0.3) is 0 Å². The molecule has 1 aromatic heterocycles. The van der Waals surface area contributed by atoms with Crippen molar-refractivity contribution >= 4 is 5.96 Å². The third kappa shape index (κ3) is 5.02. The summed E-state index contributed by atoms with van der Waals surface area (Å²) in [7, 11) is 0. The normalized spacial score (nSPS) is 20.6. The van der Waals surface area contributed by atoms with E-state index in [2.05, 4.69) is 51.9 Å². The number of nitrogens with zero attached hydrogens (tertiary/aromatic N) is 4. The molecular weight excluding hydrogens is 338 g/mol. The van der Waals surface area contributed by atoms with Gasteiger partial charge in [-0.25, -0.2) is 9.98 Å². The number of aliphatic imine (C=N–C) groups is 1. The van der Waals surface area contributed by atoms with Gasteiger partial charge in [-0.3, -0.25) is 0 Å². The molecule has 6 heteroatoms. The summed E-state index contributed by atoms with van der Waals surface area (Å²) in [5, 5.41) is 3.46. The van der Waals surface area contributed by atoms with Crippen LogP contribution >= 0.6 is 0 Å². The molecule has 2 aromatic rings. The second-order valence-corrected chi connectivity index (χ2v) is 7.04. The molecule has 3 rings (SSSR count). The number of imidazole rings is 1. The van der Waals surface area contributed by atoms with Crippen LogP contribution in [0.4, 0.5) is 0 Å². The molecule has 6 nitrogen and oxygen atoms in total. The molecule has 0 spiro atoms. The highest BCUT2D eigenvalue weighted by Gasteiger charge is 2.28. The predicted octanol–water partition coefficient (Wildman–Crippen LogP) is 3.33. The maximum Gasteiger partial charge on any atom is 0.194 e. The molecule has 0 amide bonds. The van der Waals surface area contributed by atoms with Gasteiger partial charge in [-0.2, -0.15) is 0 Å². The maximum absolute atomic E-state index is 5.60. The number of aromatic nitrogens is 2. The average Bonchev–Trinajstić information content (AvgIpc) is 3.21. The average molecular weight is 370 g/mol. The van der Waals surface area contributed by atoms with Crippen molar-refractivity contribution in [3.8, 4) is 5.75 Å². The van der Waals surface area contributed by atoms with Gasteiger partial charge in [0, 0.05) is 32.0 Å². The van der Waals surface area contributed by atoms with Gasteiger partial charge < -0.3 is 19.5 Å². The third-order valence-electron chi connectivity index (χ3n) is 5.08. The molecule has 1 fully saturated rings. The standard InChI is InChI=1S/C21H31N5O/c1-4-23-21(24-14-18-7-6-8-19(13-18)27-5-2)25-11-9-17(3)20(15-25)26-12-10-22-16-26/h6-8,10,12-13,16-17,20H,4-5,9,11,14-15H2,1-3H3,(H,23,24). The summed E-state index contributed by atoms with van der Waals surface area (Å²) in [4.78, 5) is 11.5. The van der Waals surface area contributed by atoms with Crippen LogP contribution in [-0.2, 0) is 6.54 Å². The van der Waals surface area contributed by atoms with E-state index in [1.54, 1.807) is 0 Å². The number of rotatable bonds is 6. The summed E-state index contributed by atoms with van der Waals surface area (Å²) in [6.07, 6.45) is 6.99. The number of hydrogen-bond donors (Lipinski definition) is 1. The van der Waals surface area contributed by atoms with Crippen molar-refractivity contribution in [2.75, 3.05) is 26.2 Å². The van der Waals surface area contributed by atoms with Gasteiger partial charge in [0.25, 0.3) is 0 Å². The van der Waals surface area contributed by atoms with Crippen molar-refractivity contribution in [2.45, 2.75) is 39.8 Å². The second kappa shape index (κ2) is 9.44. The van der Waals surface area contributed by atoms with E-state index in [0.717, 1.165) is 43.3 Å². The molecule has 1 aliphatic rings. The Hall–Kier alpha value is -2.50. The summed E-state index contributed by atoms with van der Waals surface area (Å²) in [5.41, 5.74) is 1.16. The number of likely N-dealkylation sites (tertiary alicyclic amines) is 1. The molecule has 1 aliphatic heterocycles. The monoisotopic (exact) mass is 369 g/mol. The Labute approximate surface area is 162 Å². The van der Waals surface area contributed by atoms with Gasteiger partial charge in [0.2, 0.25) is 0 Å². The number of nitrogens with one attached hydrogen (secondary N) is 1. The minimum Gasteiger partial charge on any atom is -0.494 e. The molecular formula is C21H31N5O. The van der Waals surface area contributed by atoms with Crippen LogP contribution in [0, 0.1) is 5.92 Å². The van der Waals surface area contributed by atoms with E-state index >= 15 is 0 Å². The Balaban J connectivity index is 1.72. The van der Waals surface area contributed by atoms with E-state index in [0.29, 0.717) is 25.1 Å². The summed E-state index contributed by atoms with van der Waals surface area (Å²) in [6, 6.07) is 8.61. The van der Waals surface area contributed by atoms with Crippen LogP contribution in [0.15, 0.2) is 48.0 Å². The summed E-state index contributed by atoms with van der Waals surface area (Å²) in [6.45, 7) is 10.6. The molecule has 146 valence electrons. The number of ether oxygens (including phenoxy) is 1. The lowest BCUT2D eigenvalue weighted by Crippen LogP contribution is -2.49. The molecule has 1 saturated heterocycles. The lowest BCUT2D eigenvalue weighted by molar-refractivity contribution is 0.189.